The third-order valence-electron chi connectivity index (χ3n) is 3.77. The summed E-state index contributed by atoms with van der Waals surface area (Å²) in [6.07, 6.45) is 2.36. The number of tetrazole rings is 1. The lowest BCUT2D eigenvalue weighted by Crippen LogP contribution is -2.20. The van der Waals surface area contributed by atoms with Crippen LogP contribution in [0.2, 0.25) is 0 Å². The van der Waals surface area contributed by atoms with Crippen LogP contribution in [0.3, 0.4) is 0 Å². The summed E-state index contributed by atoms with van der Waals surface area (Å²) in [5.41, 5.74) is 1.16. The van der Waals surface area contributed by atoms with Gasteiger partial charge in [0.25, 0.3) is 0 Å². The number of hydrogen-bond acceptors (Lipinski definition) is 6. The van der Waals surface area contributed by atoms with Crippen LogP contribution in [-0.2, 0) is 13.1 Å². The summed E-state index contributed by atoms with van der Waals surface area (Å²) in [4.78, 5) is 2.19. The Kier molecular flexibility index (Phi) is 4.24. The van der Waals surface area contributed by atoms with Crippen LogP contribution in [0.4, 0.5) is 0 Å². The molecule has 1 aromatic carbocycles. The van der Waals surface area contributed by atoms with Gasteiger partial charge in [-0.15, -0.1) is 5.10 Å². The number of aromatic nitrogens is 4. The van der Waals surface area contributed by atoms with E-state index >= 15 is 0 Å². The molecule has 1 saturated carbocycles. The minimum atomic E-state index is 0.500. The molecule has 2 aromatic rings. The van der Waals surface area contributed by atoms with Gasteiger partial charge in [0.05, 0.1) is 26.8 Å². The topological polar surface area (TPSA) is 65.3 Å². The van der Waals surface area contributed by atoms with Crippen molar-refractivity contribution in [2.24, 2.45) is 0 Å². The van der Waals surface area contributed by atoms with Gasteiger partial charge in [0, 0.05) is 6.54 Å². The molecule has 7 heteroatoms. The van der Waals surface area contributed by atoms with Crippen LogP contribution >= 0.6 is 0 Å². The van der Waals surface area contributed by atoms with Gasteiger partial charge in [-0.25, -0.2) is 4.68 Å². The lowest BCUT2D eigenvalue weighted by Gasteiger charge is -2.17. The highest BCUT2D eigenvalue weighted by molar-refractivity contribution is 5.42. The van der Waals surface area contributed by atoms with E-state index < -0.39 is 0 Å². The number of benzene rings is 1. The molecule has 1 aliphatic carbocycles. The van der Waals surface area contributed by atoms with Crippen molar-refractivity contribution >= 4 is 0 Å². The SMILES string of the molecule is COc1ccc(CN(C)Cc2nnnn2C2CC2)cc1OC. The predicted octanol–water partition coefficient (Wildman–Crippen LogP) is 1.66. The predicted molar refractivity (Wildman–Crippen MR) is 80.8 cm³/mol. The summed E-state index contributed by atoms with van der Waals surface area (Å²) in [6.45, 7) is 1.51. The molecule has 7 nitrogen and oxygen atoms in total. The number of rotatable bonds is 7. The van der Waals surface area contributed by atoms with Crippen LogP contribution < -0.4 is 9.47 Å². The number of ether oxygens (including phenoxy) is 2. The first-order chi connectivity index (χ1) is 10.7. The summed E-state index contributed by atoms with van der Waals surface area (Å²) in [7, 11) is 5.35. The van der Waals surface area contributed by atoms with Gasteiger partial charge in [0.1, 0.15) is 0 Å². The molecule has 22 heavy (non-hydrogen) atoms. The average molecular weight is 303 g/mol. The summed E-state index contributed by atoms with van der Waals surface area (Å²) in [5.74, 6) is 2.41. The zero-order chi connectivity index (χ0) is 15.5. The number of hydrogen-bond donors (Lipinski definition) is 0. The minimum absolute atomic E-state index is 0.500. The van der Waals surface area contributed by atoms with Crippen LogP contribution in [0.15, 0.2) is 18.2 Å². The summed E-state index contributed by atoms with van der Waals surface area (Å²) >= 11 is 0. The molecule has 1 aromatic heterocycles. The molecule has 1 heterocycles. The van der Waals surface area contributed by atoms with Gasteiger partial charge in [-0.05, 0) is 48.0 Å². The van der Waals surface area contributed by atoms with E-state index in [1.54, 1.807) is 14.2 Å². The van der Waals surface area contributed by atoms with Crippen molar-refractivity contribution < 1.29 is 9.47 Å². The Balaban J connectivity index is 1.66. The van der Waals surface area contributed by atoms with Crippen molar-refractivity contribution in [3.63, 3.8) is 0 Å². The molecular formula is C15H21N5O2. The van der Waals surface area contributed by atoms with Gasteiger partial charge < -0.3 is 9.47 Å². The molecular weight excluding hydrogens is 282 g/mol. The standard InChI is InChI=1S/C15H21N5O2/c1-19(10-15-16-17-18-20(15)12-5-6-12)9-11-4-7-13(21-2)14(8-11)22-3/h4,7-8,12H,5-6,9-10H2,1-3H3. The van der Waals surface area contributed by atoms with Gasteiger partial charge in [-0.2, -0.15) is 0 Å². The number of nitrogens with zero attached hydrogens (tertiary/aromatic N) is 5. The van der Waals surface area contributed by atoms with E-state index in [1.165, 1.54) is 12.8 Å². The van der Waals surface area contributed by atoms with Gasteiger partial charge in [-0.1, -0.05) is 6.07 Å². The maximum Gasteiger partial charge on any atom is 0.165 e. The highest BCUT2D eigenvalue weighted by Crippen LogP contribution is 2.34. The zero-order valence-corrected chi connectivity index (χ0v) is 13.2. The quantitative estimate of drug-likeness (QED) is 0.775. The Hall–Kier alpha value is -2.15. The van der Waals surface area contributed by atoms with Crippen LogP contribution in [0.25, 0.3) is 0 Å². The second kappa shape index (κ2) is 6.31. The highest BCUT2D eigenvalue weighted by atomic mass is 16.5. The lowest BCUT2D eigenvalue weighted by atomic mass is 10.2. The zero-order valence-electron chi connectivity index (χ0n) is 13.2. The molecule has 1 aliphatic rings. The van der Waals surface area contributed by atoms with Gasteiger partial charge in [0.15, 0.2) is 17.3 Å². The average Bonchev–Trinajstić information content (AvgIpc) is 3.27. The van der Waals surface area contributed by atoms with E-state index in [4.69, 9.17) is 9.47 Å². The third kappa shape index (κ3) is 3.19. The smallest absolute Gasteiger partial charge is 0.165 e. The van der Waals surface area contributed by atoms with Gasteiger partial charge in [-0.3, -0.25) is 4.90 Å². The van der Waals surface area contributed by atoms with E-state index in [0.29, 0.717) is 6.04 Å². The molecule has 0 bridgehead atoms. The fourth-order valence-corrected chi connectivity index (χ4v) is 2.51. The minimum Gasteiger partial charge on any atom is -0.493 e. The molecule has 0 atom stereocenters. The van der Waals surface area contributed by atoms with Crippen molar-refractivity contribution in [3.8, 4) is 11.5 Å². The summed E-state index contributed by atoms with van der Waals surface area (Å²) in [5, 5.41) is 12.0. The Morgan fingerprint density at radius 1 is 1.18 bits per heavy atom. The molecule has 0 spiro atoms. The van der Waals surface area contributed by atoms with Crippen molar-refractivity contribution in [1.82, 2.24) is 25.1 Å². The molecule has 0 amide bonds. The molecule has 118 valence electrons. The Morgan fingerprint density at radius 3 is 2.64 bits per heavy atom. The molecule has 0 unspecified atom stereocenters. The molecule has 0 saturated heterocycles. The molecule has 0 N–H and O–H groups in total. The van der Waals surface area contributed by atoms with Crippen LogP contribution in [0.5, 0.6) is 11.5 Å². The second-order valence-electron chi connectivity index (χ2n) is 5.63. The fourth-order valence-electron chi connectivity index (χ4n) is 2.51. The van der Waals surface area contributed by atoms with Crippen molar-refractivity contribution in [2.45, 2.75) is 32.0 Å². The monoisotopic (exact) mass is 303 g/mol. The molecule has 0 aliphatic heterocycles. The number of methoxy groups -OCH3 is 2. The Morgan fingerprint density at radius 2 is 1.95 bits per heavy atom. The summed E-state index contributed by atoms with van der Waals surface area (Å²) < 4.78 is 12.6. The van der Waals surface area contributed by atoms with Crippen molar-refractivity contribution in [1.29, 1.82) is 0 Å². The fraction of sp³-hybridized carbons (Fsp3) is 0.533. The lowest BCUT2D eigenvalue weighted by molar-refractivity contribution is 0.300. The van der Waals surface area contributed by atoms with Gasteiger partial charge in [0.2, 0.25) is 0 Å². The molecule has 1 fully saturated rings. The van der Waals surface area contributed by atoms with E-state index in [2.05, 4.69) is 27.5 Å². The van der Waals surface area contributed by atoms with Crippen molar-refractivity contribution in [2.75, 3.05) is 21.3 Å². The first-order valence-electron chi connectivity index (χ1n) is 7.37. The van der Waals surface area contributed by atoms with E-state index in [-0.39, 0.29) is 0 Å². The third-order valence-corrected chi connectivity index (χ3v) is 3.77. The molecule has 3 rings (SSSR count). The second-order valence-corrected chi connectivity index (χ2v) is 5.63. The first kappa shape index (κ1) is 14.8. The highest BCUT2D eigenvalue weighted by Gasteiger charge is 2.27. The van der Waals surface area contributed by atoms with Crippen LogP contribution in [0.1, 0.15) is 30.3 Å². The van der Waals surface area contributed by atoms with E-state index in [9.17, 15) is 0 Å². The van der Waals surface area contributed by atoms with Crippen LogP contribution in [-0.4, -0.2) is 46.4 Å². The van der Waals surface area contributed by atoms with E-state index in [0.717, 1.165) is 36.0 Å². The maximum atomic E-state index is 5.34. The normalized spacial score (nSPS) is 14.4. The Bertz CT molecular complexity index is 639. The first-order valence-corrected chi connectivity index (χ1v) is 7.37. The maximum absolute atomic E-state index is 5.34. The van der Waals surface area contributed by atoms with Crippen molar-refractivity contribution in [3.05, 3.63) is 29.6 Å². The van der Waals surface area contributed by atoms with Crippen LogP contribution in [0, 0.1) is 0 Å². The largest absolute Gasteiger partial charge is 0.493 e. The molecule has 0 radical (unpaired) electrons. The van der Waals surface area contributed by atoms with Gasteiger partial charge >= 0.3 is 0 Å². The Labute approximate surface area is 129 Å². The van der Waals surface area contributed by atoms with E-state index in [1.807, 2.05) is 22.9 Å². The summed E-state index contributed by atoms with van der Waals surface area (Å²) in [6, 6.07) is 6.47.